The summed E-state index contributed by atoms with van der Waals surface area (Å²) in [6.07, 6.45) is 0.540. The Balaban J connectivity index is 1.78. The number of benzene rings is 3. The van der Waals surface area contributed by atoms with Crippen molar-refractivity contribution in [2.75, 3.05) is 32.6 Å². The highest BCUT2D eigenvalue weighted by molar-refractivity contribution is 6.46. The fourth-order valence-corrected chi connectivity index (χ4v) is 4.62. The Morgan fingerprint density at radius 1 is 1.03 bits per heavy atom. The molecule has 7 heteroatoms. The smallest absolute Gasteiger partial charge is 0.295 e. The van der Waals surface area contributed by atoms with Gasteiger partial charge in [0.05, 0.1) is 18.7 Å². The molecular weight excluding hydrogens is 476 g/mol. The van der Waals surface area contributed by atoms with E-state index >= 15 is 0 Å². The third-order valence-electron chi connectivity index (χ3n) is 6.49. The second-order valence-electron chi connectivity index (χ2n) is 9.04. The first-order valence-corrected chi connectivity index (χ1v) is 12.0. The van der Waals surface area contributed by atoms with E-state index in [1.165, 1.54) is 0 Å². The molecule has 0 spiro atoms. The van der Waals surface area contributed by atoms with E-state index in [2.05, 4.69) is 0 Å². The number of anilines is 1. The van der Waals surface area contributed by atoms with Crippen LogP contribution in [0, 0.1) is 6.92 Å². The van der Waals surface area contributed by atoms with E-state index < -0.39 is 17.7 Å². The highest BCUT2D eigenvalue weighted by Gasteiger charge is 2.45. The second-order valence-corrected chi connectivity index (χ2v) is 9.48. The molecule has 3 aromatic carbocycles. The maximum atomic E-state index is 13.3. The zero-order valence-electron chi connectivity index (χ0n) is 20.8. The fraction of sp³-hybridized carbons (Fsp3) is 0.241. The molecule has 1 aliphatic rings. The molecule has 1 heterocycles. The lowest BCUT2D eigenvalue weighted by Gasteiger charge is -2.26. The average Bonchev–Trinajstić information content (AvgIpc) is 3.12. The molecule has 1 aliphatic heterocycles. The molecule has 0 radical (unpaired) electrons. The minimum absolute atomic E-state index is 0.0817. The predicted molar refractivity (Wildman–Crippen MR) is 143 cm³/mol. The van der Waals surface area contributed by atoms with Gasteiger partial charge in [0.25, 0.3) is 11.7 Å². The van der Waals surface area contributed by atoms with Crippen LogP contribution in [0.5, 0.6) is 5.75 Å². The molecule has 0 aromatic heterocycles. The van der Waals surface area contributed by atoms with Gasteiger partial charge in [-0.25, -0.2) is 0 Å². The summed E-state index contributed by atoms with van der Waals surface area (Å²) in [5.41, 5.74) is 4.08. The second kappa shape index (κ2) is 10.5. The number of ether oxygens (including phenoxy) is 1. The van der Waals surface area contributed by atoms with Crippen LogP contribution >= 0.6 is 11.6 Å². The van der Waals surface area contributed by atoms with Crippen LogP contribution in [0.3, 0.4) is 0 Å². The Bertz CT molecular complexity index is 1310. The number of ketones is 1. The van der Waals surface area contributed by atoms with E-state index in [1.54, 1.807) is 42.3 Å². The van der Waals surface area contributed by atoms with Crippen molar-refractivity contribution in [3.05, 3.63) is 99.6 Å². The third kappa shape index (κ3) is 4.95. The van der Waals surface area contributed by atoms with Gasteiger partial charge in [-0.3, -0.25) is 9.59 Å². The number of amides is 1. The van der Waals surface area contributed by atoms with Crippen LogP contribution in [0.4, 0.5) is 5.69 Å². The van der Waals surface area contributed by atoms with Crippen molar-refractivity contribution in [2.24, 2.45) is 0 Å². The number of nitrogens with zero attached hydrogens (tertiary/aromatic N) is 2. The van der Waals surface area contributed by atoms with Crippen molar-refractivity contribution >= 4 is 34.7 Å². The van der Waals surface area contributed by atoms with Crippen LogP contribution < -0.4 is 9.64 Å². The summed E-state index contributed by atoms with van der Waals surface area (Å²) in [5, 5.41) is 12.0. The van der Waals surface area contributed by atoms with Crippen molar-refractivity contribution in [3.63, 3.8) is 0 Å². The van der Waals surface area contributed by atoms with Gasteiger partial charge in [0, 0.05) is 36.9 Å². The fourth-order valence-electron chi connectivity index (χ4n) is 4.49. The van der Waals surface area contributed by atoms with Gasteiger partial charge in [-0.05, 0) is 72.5 Å². The normalized spacial score (nSPS) is 16.9. The summed E-state index contributed by atoms with van der Waals surface area (Å²) >= 11 is 6.01. The number of aliphatic hydroxyl groups excluding tert-OH is 1. The van der Waals surface area contributed by atoms with Crippen LogP contribution in [-0.4, -0.2) is 49.4 Å². The maximum Gasteiger partial charge on any atom is 0.295 e. The van der Waals surface area contributed by atoms with Gasteiger partial charge >= 0.3 is 0 Å². The minimum Gasteiger partial charge on any atom is -0.507 e. The Hall–Kier alpha value is -3.77. The molecule has 186 valence electrons. The molecule has 36 heavy (non-hydrogen) atoms. The number of hydrogen-bond acceptors (Lipinski definition) is 5. The lowest BCUT2D eigenvalue weighted by atomic mass is 9.94. The Morgan fingerprint density at radius 2 is 1.69 bits per heavy atom. The Morgan fingerprint density at radius 3 is 2.28 bits per heavy atom. The van der Waals surface area contributed by atoms with Crippen LogP contribution in [0.25, 0.3) is 5.76 Å². The summed E-state index contributed by atoms with van der Waals surface area (Å²) < 4.78 is 5.32. The molecule has 6 nitrogen and oxygen atoms in total. The van der Waals surface area contributed by atoms with E-state index in [0.717, 1.165) is 22.4 Å². The quantitative estimate of drug-likeness (QED) is 0.265. The van der Waals surface area contributed by atoms with Gasteiger partial charge < -0.3 is 19.6 Å². The van der Waals surface area contributed by atoms with E-state index in [4.69, 9.17) is 16.3 Å². The molecule has 1 atom stereocenters. The number of carbonyl (C=O) groups excluding carboxylic acids is 2. The summed E-state index contributed by atoms with van der Waals surface area (Å²) in [6, 6.07) is 19.5. The number of methoxy groups -OCH3 is 1. The number of aryl methyl sites for hydroxylation is 1. The summed E-state index contributed by atoms with van der Waals surface area (Å²) in [4.78, 5) is 30.0. The Kier molecular flexibility index (Phi) is 7.36. The van der Waals surface area contributed by atoms with E-state index in [9.17, 15) is 14.7 Å². The van der Waals surface area contributed by atoms with Gasteiger partial charge in [0.1, 0.15) is 11.5 Å². The molecule has 1 amide bonds. The number of rotatable bonds is 7. The molecule has 4 rings (SSSR count). The van der Waals surface area contributed by atoms with E-state index in [-0.39, 0.29) is 11.3 Å². The zero-order chi connectivity index (χ0) is 26.0. The van der Waals surface area contributed by atoms with Gasteiger partial charge in [0.2, 0.25) is 0 Å². The van der Waals surface area contributed by atoms with Crippen LogP contribution in [-0.2, 0) is 16.0 Å². The molecule has 0 saturated carbocycles. The highest BCUT2D eigenvalue weighted by Crippen LogP contribution is 2.40. The number of likely N-dealkylation sites (tertiary alicyclic amines) is 1. The molecule has 1 fully saturated rings. The summed E-state index contributed by atoms with van der Waals surface area (Å²) in [7, 11) is 5.46. The van der Waals surface area contributed by atoms with Crippen LogP contribution in [0.15, 0.2) is 72.3 Å². The van der Waals surface area contributed by atoms with Crippen LogP contribution in [0.2, 0.25) is 5.02 Å². The SMILES string of the molecule is COc1ccc(/C(O)=C2/C(=O)C(=O)N(CCc3ccc(Cl)cc3)C2c2ccc(N(C)C)cc2)cc1C. The first-order valence-electron chi connectivity index (χ1n) is 11.7. The minimum atomic E-state index is -0.712. The van der Waals surface area contributed by atoms with Crippen molar-refractivity contribution in [3.8, 4) is 5.75 Å². The third-order valence-corrected chi connectivity index (χ3v) is 6.74. The van der Waals surface area contributed by atoms with Crippen molar-refractivity contribution < 1.29 is 19.4 Å². The van der Waals surface area contributed by atoms with Gasteiger partial charge in [-0.2, -0.15) is 0 Å². The molecule has 0 aliphatic carbocycles. The van der Waals surface area contributed by atoms with E-state index in [0.29, 0.717) is 29.3 Å². The first kappa shape index (κ1) is 25.3. The van der Waals surface area contributed by atoms with Crippen molar-refractivity contribution in [2.45, 2.75) is 19.4 Å². The molecule has 3 aromatic rings. The number of halogens is 1. The van der Waals surface area contributed by atoms with Crippen molar-refractivity contribution in [1.29, 1.82) is 0 Å². The Labute approximate surface area is 216 Å². The number of aliphatic hydroxyl groups is 1. The molecule has 0 bridgehead atoms. The molecule has 1 saturated heterocycles. The van der Waals surface area contributed by atoms with E-state index in [1.807, 2.05) is 62.3 Å². The van der Waals surface area contributed by atoms with Crippen molar-refractivity contribution in [1.82, 2.24) is 4.90 Å². The number of carbonyl (C=O) groups is 2. The highest BCUT2D eigenvalue weighted by atomic mass is 35.5. The lowest BCUT2D eigenvalue weighted by molar-refractivity contribution is -0.139. The largest absolute Gasteiger partial charge is 0.507 e. The lowest BCUT2D eigenvalue weighted by Crippen LogP contribution is -2.31. The summed E-state index contributed by atoms with van der Waals surface area (Å²) in [5.74, 6) is -0.850. The molecule has 1 N–H and O–H groups in total. The number of Topliss-reactive ketones (excluding diaryl/α,β-unsaturated/α-hetero) is 1. The molecular formula is C29H29ClN2O4. The summed E-state index contributed by atoms with van der Waals surface area (Å²) in [6.45, 7) is 2.17. The van der Waals surface area contributed by atoms with Crippen LogP contribution in [0.1, 0.15) is 28.3 Å². The number of hydrogen-bond donors (Lipinski definition) is 1. The van der Waals surface area contributed by atoms with Gasteiger partial charge in [-0.1, -0.05) is 35.9 Å². The topological polar surface area (TPSA) is 70.1 Å². The maximum absolute atomic E-state index is 13.3. The predicted octanol–water partition coefficient (Wildman–Crippen LogP) is 5.39. The van der Waals surface area contributed by atoms with Gasteiger partial charge in [0.15, 0.2) is 0 Å². The zero-order valence-corrected chi connectivity index (χ0v) is 21.5. The monoisotopic (exact) mass is 504 g/mol. The molecule has 1 unspecified atom stereocenters. The van der Waals surface area contributed by atoms with Gasteiger partial charge in [-0.15, -0.1) is 0 Å². The average molecular weight is 505 g/mol. The first-order chi connectivity index (χ1) is 17.2. The standard InChI is InChI=1S/C29H29ClN2O4/c1-18-17-21(9-14-24(18)36-4)27(33)25-26(20-7-12-23(13-8-20)31(2)3)32(29(35)28(25)34)16-15-19-5-10-22(30)11-6-19/h5-14,17,26,33H,15-16H2,1-4H3/b27-25-.